The number of halogens is 1. The molecule has 148 valence electrons. The molecule has 0 saturated heterocycles. The van der Waals surface area contributed by atoms with E-state index in [1.807, 2.05) is 60.7 Å². The second-order valence-electron chi connectivity index (χ2n) is 6.24. The summed E-state index contributed by atoms with van der Waals surface area (Å²) in [5.74, 6) is -1.91. The van der Waals surface area contributed by atoms with Gasteiger partial charge in [0, 0.05) is 6.07 Å². The van der Waals surface area contributed by atoms with Crippen LogP contribution in [-0.2, 0) is 9.53 Å². The minimum absolute atomic E-state index is 0.263. The van der Waals surface area contributed by atoms with Gasteiger partial charge in [-0.3, -0.25) is 4.79 Å². The SMILES string of the molecule is COc1ccc(C(=O)OCC(=O)NC(c2ccccc2)c2ccccc2)c(F)c1. The van der Waals surface area contributed by atoms with Gasteiger partial charge in [0.25, 0.3) is 5.91 Å². The predicted octanol–water partition coefficient (Wildman–Crippen LogP) is 3.90. The number of hydrogen-bond acceptors (Lipinski definition) is 4. The van der Waals surface area contributed by atoms with Crippen LogP contribution in [0.2, 0.25) is 0 Å². The molecule has 0 unspecified atom stereocenters. The average Bonchev–Trinajstić information content (AvgIpc) is 2.77. The molecular formula is C23H20FNO4. The monoisotopic (exact) mass is 393 g/mol. The second-order valence-corrected chi connectivity index (χ2v) is 6.24. The van der Waals surface area contributed by atoms with Gasteiger partial charge >= 0.3 is 5.97 Å². The number of benzene rings is 3. The lowest BCUT2D eigenvalue weighted by atomic mass is 9.99. The van der Waals surface area contributed by atoms with Crippen LogP contribution in [0, 0.1) is 5.82 Å². The Hall–Kier alpha value is -3.67. The summed E-state index contributed by atoms with van der Waals surface area (Å²) in [5, 5.41) is 2.86. The van der Waals surface area contributed by atoms with E-state index in [0.29, 0.717) is 0 Å². The molecule has 1 amide bonds. The highest BCUT2D eigenvalue weighted by Crippen LogP contribution is 2.22. The van der Waals surface area contributed by atoms with E-state index in [9.17, 15) is 14.0 Å². The number of nitrogens with one attached hydrogen (secondary N) is 1. The van der Waals surface area contributed by atoms with Crippen molar-refractivity contribution in [2.75, 3.05) is 13.7 Å². The van der Waals surface area contributed by atoms with Crippen molar-refractivity contribution in [1.82, 2.24) is 5.32 Å². The largest absolute Gasteiger partial charge is 0.497 e. The molecule has 0 aromatic heterocycles. The Labute approximate surface area is 168 Å². The summed E-state index contributed by atoms with van der Waals surface area (Å²) in [7, 11) is 1.40. The van der Waals surface area contributed by atoms with E-state index in [1.54, 1.807) is 0 Å². The first-order valence-electron chi connectivity index (χ1n) is 8.98. The van der Waals surface area contributed by atoms with Gasteiger partial charge in [-0.05, 0) is 23.3 Å². The van der Waals surface area contributed by atoms with E-state index in [0.717, 1.165) is 17.2 Å². The fraction of sp³-hybridized carbons (Fsp3) is 0.130. The van der Waals surface area contributed by atoms with Crippen LogP contribution in [0.25, 0.3) is 0 Å². The lowest BCUT2D eigenvalue weighted by Gasteiger charge is -2.20. The minimum Gasteiger partial charge on any atom is -0.497 e. The molecule has 0 radical (unpaired) electrons. The van der Waals surface area contributed by atoms with E-state index in [2.05, 4.69) is 5.32 Å². The maximum atomic E-state index is 14.0. The number of carbonyl (C=O) groups is 2. The third kappa shape index (κ3) is 5.19. The molecule has 0 aliphatic rings. The fourth-order valence-electron chi connectivity index (χ4n) is 2.85. The molecule has 6 heteroatoms. The molecule has 0 saturated carbocycles. The Bertz CT molecular complexity index is 937. The highest BCUT2D eigenvalue weighted by molar-refractivity contribution is 5.91. The lowest BCUT2D eigenvalue weighted by molar-refractivity contribution is -0.124. The molecule has 0 heterocycles. The van der Waals surface area contributed by atoms with E-state index in [1.165, 1.54) is 19.2 Å². The number of ether oxygens (including phenoxy) is 2. The minimum atomic E-state index is -0.920. The van der Waals surface area contributed by atoms with Gasteiger partial charge in [-0.1, -0.05) is 60.7 Å². The van der Waals surface area contributed by atoms with Crippen molar-refractivity contribution < 1.29 is 23.5 Å². The maximum absolute atomic E-state index is 14.0. The van der Waals surface area contributed by atoms with Gasteiger partial charge < -0.3 is 14.8 Å². The van der Waals surface area contributed by atoms with Gasteiger partial charge in [0.1, 0.15) is 11.6 Å². The fourth-order valence-corrected chi connectivity index (χ4v) is 2.85. The highest BCUT2D eigenvalue weighted by Gasteiger charge is 2.19. The van der Waals surface area contributed by atoms with Crippen LogP contribution in [0.3, 0.4) is 0 Å². The van der Waals surface area contributed by atoms with Crippen molar-refractivity contribution in [3.8, 4) is 5.75 Å². The molecular weight excluding hydrogens is 373 g/mol. The predicted molar refractivity (Wildman–Crippen MR) is 106 cm³/mol. The average molecular weight is 393 g/mol. The van der Waals surface area contributed by atoms with Gasteiger partial charge in [-0.15, -0.1) is 0 Å². The number of methoxy groups -OCH3 is 1. The Morgan fingerprint density at radius 1 is 0.931 bits per heavy atom. The zero-order valence-corrected chi connectivity index (χ0v) is 15.8. The highest BCUT2D eigenvalue weighted by atomic mass is 19.1. The number of rotatable bonds is 7. The van der Waals surface area contributed by atoms with E-state index in [-0.39, 0.29) is 11.3 Å². The summed E-state index contributed by atoms with van der Waals surface area (Å²) >= 11 is 0. The summed E-state index contributed by atoms with van der Waals surface area (Å²) in [4.78, 5) is 24.5. The first-order chi connectivity index (χ1) is 14.1. The lowest BCUT2D eigenvalue weighted by Crippen LogP contribution is -2.33. The number of esters is 1. The van der Waals surface area contributed by atoms with Gasteiger partial charge in [0.15, 0.2) is 6.61 Å². The molecule has 3 aromatic carbocycles. The van der Waals surface area contributed by atoms with Crippen LogP contribution in [0.5, 0.6) is 5.75 Å². The molecule has 0 aliphatic carbocycles. The molecule has 3 rings (SSSR count). The van der Waals surface area contributed by atoms with Crippen molar-refractivity contribution in [2.24, 2.45) is 0 Å². The third-order valence-electron chi connectivity index (χ3n) is 4.30. The quantitative estimate of drug-likeness (QED) is 0.619. The normalized spacial score (nSPS) is 10.4. The molecule has 29 heavy (non-hydrogen) atoms. The van der Waals surface area contributed by atoms with Crippen LogP contribution in [0.4, 0.5) is 4.39 Å². The van der Waals surface area contributed by atoms with Crippen molar-refractivity contribution >= 4 is 11.9 Å². The van der Waals surface area contributed by atoms with E-state index in [4.69, 9.17) is 9.47 Å². The van der Waals surface area contributed by atoms with Crippen molar-refractivity contribution in [3.63, 3.8) is 0 Å². The van der Waals surface area contributed by atoms with Crippen LogP contribution < -0.4 is 10.1 Å². The van der Waals surface area contributed by atoms with Gasteiger partial charge in [-0.2, -0.15) is 0 Å². The first-order valence-corrected chi connectivity index (χ1v) is 8.98. The third-order valence-corrected chi connectivity index (χ3v) is 4.30. The van der Waals surface area contributed by atoms with Gasteiger partial charge in [0.2, 0.25) is 0 Å². The molecule has 0 aliphatic heterocycles. The topological polar surface area (TPSA) is 64.6 Å². The second kappa shape index (κ2) is 9.50. The Balaban J connectivity index is 1.67. The standard InChI is InChI=1S/C23H20FNO4/c1-28-18-12-13-19(20(24)14-18)23(27)29-15-21(26)25-22(16-8-4-2-5-9-16)17-10-6-3-7-11-17/h2-14,22H,15H2,1H3,(H,25,26). The van der Waals surface area contributed by atoms with Gasteiger partial charge in [0.05, 0.1) is 18.7 Å². The van der Waals surface area contributed by atoms with Crippen molar-refractivity contribution in [1.29, 1.82) is 0 Å². The zero-order valence-electron chi connectivity index (χ0n) is 15.8. The summed E-state index contributed by atoms with van der Waals surface area (Å²) in [6, 6.07) is 22.3. The smallest absolute Gasteiger partial charge is 0.341 e. The van der Waals surface area contributed by atoms with Gasteiger partial charge in [-0.25, -0.2) is 9.18 Å². The molecule has 1 N–H and O–H groups in total. The van der Waals surface area contributed by atoms with Crippen LogP contribution in [0.1, 0.15) is 27.5 Å². The number of amides is 1. The molecule has 0 atom stereocenters. The Morgan fingerprint density at radius 2 is 1.52 bits per heavy atom. The number of carbonyl (C=O) groups excluding carboxylic acids is 2. The first kappa shape index (κ1) is 20.1. The van der Waals surface area contributed by atoms with E-state index >= 15 is 0 Å². The molecule has 5 nitrogen and oxygen atoms in total. The Morgan fingerprint density at radius 3 is 2.03 bits per heavy atom. The molecule has 3 aromatic rings. The van der Waals surface area contributed by atoms with E-state index < -0.39 is 30.3 Å². The molecule has 0 bridgehead atoms. The van der Waals surface area contributed by atoms with Crippen molar-refractivity contribution in [3.05, 3.63) is 101 Å². The summed E-state index contributed by atoms with van der Waals surface area (Å²) < 4.78 is 23.9. The maximum Gasteiger partial charge on any atom is 0.341 e. The summed E-state index contributed by atoms with van der Waals surface area (Å²) in [6.07, 6.45) is 0. The molecule has 0 fully saturated rings. The van der Waals surface area contributed by atoms with Crippen LogP contribution in [0.15, 0.2) is 78.9 Å². The van der Waals surface area contributed by atoms with Crippen LogP contribution >= 0.6 is 0 Å². The van der Waals surface area contributed by atoms with Crippen molar-refractivity contribution in [2.45, 2.75) is 6.04 Å². The van der Waals surface area contributed by atoms with Crippen LogP contribution in [-0.4, -0.2) is 25.6 Å². The zero-order chi connectivity index (χ0) is 20.6. The summed E-state index contributed by atoms with van der Waals surface area (Å²) in [6.45, 7) is -0.527. The Kier molecular flexibility index (Phi) is 6.58. The summed E-state index contributed by atoms with van der Waals surface area (Å²) in [5.41, 5.74) is 1.51. The number of hydrogen-bond donors (Lipinski definition) is 1. The molecule has 0 spiro atoms.